The van der Waals surface area contributed by atoms with Crippen LogP contribution in [0.25, 0.3) is 18.8 Å². The second kappa shape index (κ2) is 6.34. The maximum Gasteiger partial charge on any atom is 0.416 e. The summed E-state index contributed by atoms with van der Waals surface area (Å²) in [5.41, 5.74) is -0.112. The number of halogens is 3. The summed E-state index contributed by atoms with van der Waals surface area (Å²) in [7, 11) is 0. The molecule has 0 atom stereocenters. The first-order chi connectivity index (χ1) is 11.8. The summed E-state index contributed by atoms with van der Waals surface area (Å²) in [6.45, 7) is 7.39. The van der Waals surface area contributed by atoms with Crippen molar-refractivity contribution in [3.05, 3.63) is 58.5 Å². The molecule has 0 aliphatic heterocycles. The molecule has 0 saturated carbocycles. The Morgan fingerprint density at radius 2 is 2.00 bits per heavy atom. The molecule has 0 unspecified atom stereocenters. The van der Waals surface area contributed by atoms with E-state index in [1.807, 2.05) is 0 Å². The molecule has 128 valence electrons. The third kappa shape index (κ3) is 3.82. The predicted molar refractivity (Wildman–Crippen MR) is 83.0 cm³/mol. The van der Waals surface area contributed by atoms with Crippen LogP contribution in [0.4, 0.5) is 13.2 Å². The van der Waals surface area contributed by atoms with Gasteiger partial charge in [-0.15, -0.1) is 5.10 Å². The molecule has 0 amide bonds. The van der Waals surface area contributed by atoms with Gasteiger partial charge in [0.25, 0.3) is 0 Å². The number of hydrogen-bond donors (Lipinski definition) is 0. The lowest BCUT2D eigenvalue weighted by molar-refractivity contribution is -0.137. The van der Waals surface area contributed by atoms with Crippen molar-refractivity contribution in [3.63, 3.8) is 0 Å². The summed E-state index contributed by atoms with van der Waals surface area (Å²) in [6.07, 6.45) is -1.48. The number of benzene rings is 1. The van der Waals surface area contributed by atoms with Gasteiger partial charge >= 0.3 is 12.2 Å². The standard InChI is InChI=1S/C16H12F3N5O/c1-10-7-20-15(21-11(10)2)25-9-13-8-24(23-22-13)14-5-3-4-12(6-14)16(17,18)19/h3-8H,1-2,9H2. The summed E-state index contributed by atoms with van der Waals surface area (Å²) in [6, 6.07) is 4.89. The minimum absolute atomic E-state index is 0.00882. The van der Waals surface area contributed by atoms with Crippen LogP contribution in [0.1, 0.15) is 11.3 Å². The van der Waals surface area contributed by atoms with Gasteiger partial charge in [-0.25, -0.2) is 9.67 Å². The van der Waals surface area contributed by atoms with Crippen molar-refractivity contribution in [2.24, 2.45) is 0 Å². The van der Waals surface area contributed by atoms with Gasteiger partial charge in [-0.2, -0.15) is 18.2 Å². The first-order valence-electron chi connectivity index (χ1n) is 7.05. The summed E-state index contributed by atoms with van der Waals surface area (Å²) >= 11 is 0. The second-order valence-electron chi connectivity index (χ2n) is 5.12. The lowest BCUT2D eigenvalue weighted by Gasteiger charge is -2.08. The van der Waals surface area contributed by atoms with Gasteiger partial charge in [-0.1, -0.05) is 24.4 Å². The highest BCUT2D eigenvalue weighted by Crippen LogP contribution is 2.30. The molecule has 0 N–H and O–H groups in total. The average Bonchev–Trinajstić information content (AvgIpc) is 3.04. The smallest absolute Gasteiger partial charge is 0.416 e. The first kappa shape index (κ1) is 16.6. The Balaban J connectivity index is 1.75. The lowest BCUT2D eigenvalue weighted by Crippen LogP contribution is -2.26. The van der Waals surface area contributed by atoms with Crippen LogP contribution < -0.4 is 15.3 Å². The van der Waals surface area contributed by atoms with Gasteiger partial charge < -0.3 is 4.74 Å². The fraction of sp³-hybridized carbons (Fsp3) is 0.125. The quantitative estimate of drug-likeness (QED) is 0.715. The molecule has 1 aromatic carbocycles. The second-order valence-corrected chi connectivity index (χ2v) is 5.12. The fourth-order valence-corrected chi connectivity index (χ4v) is 1.95. The molecule has 0 aliphatic rings. The highest BCUT2D eigenvalue weighted by atomic mass is 19.4. The molecule has 25 heavy (non-hydrogen) atoms. The summed E-state index contributed by atoms with van der Waals surface area (Å²) in [5.74, 6) is 0. The van der Waals surface area contributed by atoms with E-state index in [0.717, 1.165) is 12.1 Å². The van der Waals surface area contributed by atoms with Gasteiger partial charge in [-0.05, 0) is 18.2 Å². The molecule has 0 fully saturated rings. The third-order valence-electron chi connectivity index (χ3n) is 3.26. The van der Waals surface area contributed by atoms with E-state index < -0.39 is 11.7 Å². The maximum atomic E-state index is 12.8. The SMILES string of the molecule is C=c1cnc(OCc2cn(-c3cccc(C(F)(F)F)c3)nn2)nc1=C. The molecule has 9 heteroatoms. The summed E-state index contributed by atoms with van der Waals surface area (Å²) in [5, 5.41) is 8.70. The zero-order chi connectivity index (χ0) is 18.0. The summed E-state index contributed by atoms with van der Waals surface area (Å²) in [4.78, 5) is 7.95. The fourth-order valence-electron chi connectivity index (χ4n) is 1.95. The van der Waals surface area contributed by atoms with E-state index in [1.54, 1.807) is 0 Å². The minimum atomic E-state index is -4.42. The van der Waals surface area contributed by atoms with E-state index in [0.29, 0.717) is 16.3 Å². The van der Waals surface area contributed by atoms with Crippen molar-refractivity contribution in [2.45, 2.75) is 12.8 Å². The summed E-state index contributed by atoms with van der Waals surface area (Å²) < 4.78 is 44.9. The zero-order valence-corrected chi connectivity index (χ0v) is 12.9. The minimum Gasteiger partial charge on any atom is -0.457 e. The molecular weight excluding hydrogens is 335 g/mol. The first-order valence-corrected chi connectivity index (χ1v) is 7.05. The zero-order valence-electron chi connectivity index (χ0n) is 12.9. The van der Waals surface area contributed by atoms with Crippen LogP contribution >= 0.6 is 0 Å². The van der Waals surface area contributed by atoms with Gasteiger partial charge in [0.15, 0.2) is 0 Å². The molecule has 0 bridgehead atoms. The Hall–Kier alpha value is -3.23. The topological polar surface area (TPSA) is 65.7 Å². The largest absolute Gasteiger partial charge is 0.457 e. The molecule has 3 rings (SSSR count). The number of ether oxygens (including phenoxy) is 1. The Labute approximate surface area is 139 Å². The van der Waals surface area contributed by atoms with Crippen LogP contribution in [0.2, 0.25) is 0 Å². The Kier molecular flexibility index (Phi) is 4.22. The monoisotopic (exact) mass is 347 g/mol. The molecule has 2 heterocycles. The van der Waals surface area contributed by atoms with Crippen molar-refractivity contribution in [3.8, 4) is 11.7 Å². The van der Waals surface area contributed by atoms with Crippen molar-refractivity contribution < 1.29 is 17.9 Å². The van der Waals surface area contributed by atoms with Gasteiger partial charge in [0.1, 0.15) is 12.3 Å². The van der Waals surface area contributed by atoms with E-state index in [-0.39, 0.29) is 18.3 Å². The number of rotatable bonds is 4. The maximum absolute atomic E-state index is 12.8. The van der Waals surface area contributed by atoms with Crippen LogP contribution in [0, 0.1) is 0 Å². The molecule has 0 aliphatic carbocycles. The normalized spacial score (nSPS) is 11.5. The van der Waals surface area contributed by atoms with E-state index in [4.69, 9.17) is 4.74 Å². The molecule has 0 saturated heterocycles. The third-order valence-corrected chi connectivity index (χ3v) is 3.26. The van der Waals surface area contributed by atoms with Gasteiger partial charge in [0.05, 0.1) is 22.8 Å². The Morgan fingerprint density at radius 1 is 1.20 bits per heavy atom. The van der Waals surface area contributed by atoms with Crippen LogP contribution in [0.15, 0.2) is 36.7 Å². The number of nitrogens with zero attached hydrogens (tertiary/aromatic N) is 5. The van der Waals surface area contributed by atoms with E-state index >= 15 is 0 Å². The molecule has 3 aromatic rings. The van der Waals surface area contributed by atoms with E-state index in [2.05, 4.69) is 33.4 Å². The predicted octanol–water partition coefficient (Wildman–Crippen LogP) is 1.48. The van der Waals surface area contributed by atoms with Crippen molar-refractivity contribution >= 4 is 13.2 Å². The number of aromatic nitrogens is 5. The van der Waals surface area contributed by atoms with Crippen LogP contribution in [0.5, 0.6) is 6.01 Å². The van der Waals surface area contributed by atoms with Crippen LogP contribution in [-0.4, -0.2) is 25.0 Å². The van der Waals surface area contributed by atoms with Gasteiger partial charge in [0.2, 0.25) is 0 Å². The molecular formula is C16H12F3N5O. The Bertz CT molecular complexity index is 999. The Morgan fingerprint density at radius 3 is 2.72 bits per heavy atom. The molecule has 0 spiro atoms. The molecule has 2 aromatic heterocycles. The average molecular weight is 347 g/mol. The highest BCUT2D eigenvalue weighted by Gasteiger charge is 2.30. The van der Waals surface area contributed by atoms with Gasteiger partial charge in [0, 0.05) is 11.4 Å². The van der Waals surface area contributed by atoms with E-state index in [9.17, 15) is 13.2 Å². The van der Waals surface area contributed by atoms with Crippen molar-refractivity contribution in [1.82, 2.24) is 25.0 Å². The highest BCUT2D eigenvalue weighted by molar-refractivity contribution is 5.36. The van der Waals surface area contributed by atoms with Crippen molar-refractivity contribution in [1.29, 1.82) is 0 Å². The van der Waals surface area contributed by atoms with Crippen molar-refractivity contribution in [2.75, 3.05) is 0 Å². The number of alkyl halides is 3. The number of hydrogen-bond acceptors (Lipinski definition) is 5. The lowest BCUT2D eigenvalue weighted by atomic mass is 10.2. The van der Waals surface area contributed by atoms with Crippen LogP contribution in [-0.2, 0) is 12.8 Å². The van der Waals surface area contributed by atoms with E-state index in [1.165, 1.54) is 29.2 Å². The molecule has 0 radical (unpaired) electrons. The van der Waals surface area contributed by atoms with Crippen LogP contribution in [0.3, 0.4) is 0 Å². The van der Waals surface area contributed by atoms with Gasteiger partial charge in [-0.3, -0.25) is 0 Å². The molecule has 6 nitrogen and oxygen atoms in total.